The first-order valence-electron chi connectivity index (χ1n) is 4.44. The van der Waals surface area contributed by atoms with Crippen molar-refractivity contribution in [1.82, 2.24) is 19.8 Å². The maximum Gasteiger partial charge on any atom is 0.364 e. The molecule has 0 saturated heterocycles. The number of nitrogens with zero attached hydrogens (tertiary/aromatic N) is 3. The maximum absolute atomic E-state index is 11.3. The van der Waals surface area contributed by atoms with E-state index >= 15 is 0 Å². The summed E-state index contributed by atoms with van der Waals surface area (Å²) in [6.07, 6.45) is 0. The summed E-state index contributed by atoms with van der Waals surface area (Å²) in [6, 6.07) is 7.50. The molecule has 3 aromatic rings. The number of aromatic amines is 1. The monoisotopic (exact) mass is 296 g/mol. The van der Waals surface area contributed by atoms with E-state index in [0.717, 1.165) is 14.4 Å². The van der Waals surface area contributed by atoms with E-state index < -0.39 is 0 Å². The average Bonchev–Trinajstić information content (AvgIpc) is 2.86. The smallest absolute Gasteiger partial charge is 0.244 e. The van der Waals surface area contributed by atoms with Gasteiger partial charge in [0.25, 0.3) is 0 Å². The Morgan fingerprint density at radius 3 is 2.94 bits per heavy atom. The van der Waals surface area contributed by atoms with Gasteiger partial charge in [0.15, 0.2) is 5.65 Å². The van der Waals surface area contributed by atoms with Crippen molar-refractivity contribution in [2.75, 3.05) is 0 Å². The highest BCUT2D eigenvalue weighted by Crippen LogP contribution is 2.29. The van der Waals surface area contributed by atoms with Gasteiger partial charge in [0.2, 0.25) is 0 Å². The molecule has 16 heavy (non-hydrogen) atoms. The number of H-pyrrole nitrogens is 1. The number of hydrogen-bond donors (Lipinski definition) is 1. The van der Waals surface area contributed by atoms with E-state index in [1.54, 1.807) is 17.4 Å². The Labute approximate surface area is 102 Å². The molecule has 3 rings (SSSR count). The predicted octanol–water partition coefficient (Wildman–Crippen LogP) is 1.91. The van der Waals surface area contributed by atoms with Crippen molar-refractivity contribution in [2.45, 2.75) is 0 Å². The molecule has 0 atom stereocenters. The first-order chi connectivity index (χ1) is 7.74. The van der Waals surface area contributed by atoms with Gasteiger partial charge in [-0.25, -0.2) is 9.89 Å². The van der Waals surface area contributed by atoms with Crippen molar-refractivity contribution in [3.63, 3.8) is 0 Å². The second-order valence-corrected chi connectivity index (χ2v) is 5.58. The highest BCUT2D eigenvalue weighted by atomic mass is 79.9. The molecule has 0 aliphatic heterocycles. The van der Waals surface area contributed by atoms with Crippen LogP contribution in [0.25, 0.3) is 16.2 Å². The molecule has 0 aliphatic carbocycles. The molecular formula is C9H5BrN4OS. The quantitative estimate of drug-likeness (QED) is 0.746. The van der Waals surface area contributed by atoms with Crippen LogP contribution in [-0.2, 0) is 0 Å². The Morgan fingerprint density at radius 1 is 1.31 bits per heavy atom. The molecular weight excluding hydrogens is 292 g/mol. The van der Waals surface area contributed by atoms with E-state index in [9.17, 15) is 4.79 Å². The molecule has 80 valence electrons. The lowest BCUT2D eigenvalue weighted by atomic mass is 10.3. The molecule has 0 amide bonds. The summed E-state index contributed by atoms with van der Waals surface area (Å²) in [7, 11) is 0. The molecule has 0 bridgehead atoms. The Balaban J connectivity index is 2.25. The van der Waals surface area contributed by atoms with Crippen LogP contribution in [0.15, 0.2) is 32.8 Å². The maximum atomic E-state index is 11.3. The number of nitrogens with one attached hydrogen (secondary N) is 1. The van der Waals surface area contributed by atoms with Crippen LogP contribution in [0.5, 0.6) is 0 Å². The van der Waals surface area contributed by atoms with Gasteiger partial charge in [0.05, 0.1) is 8.66 Å². The van der Waals surface area contributed by atoms with Gasteiger partial charge in [0, 0.05) is 0 Å². The van der Waals surface area contributed by atoms with Crippen molar-refractivity contribution in [3.05, 3.63) is 38.5 Å². The zero-order valence-electron chi connectivity index (χ0n) is 7.85. The van der Waals surface area contributed by atoms with Crippen LogP contribution < -0.4 is 5.69 Å². The Bertz CT molecular complexity index is 713. The lowest BCUT2D eigenvalue weighted by Crippen LogP contribution is -2.12. The van der Waals surface area contributed by atoms with Crippen molar-refractivity contribution in [3.8, 4) is 10.6 Å². The third-order valence-electron chi connectivity index (χ3n) is 2.10. The standard InChI is InChI=1S/C9H5BrN4OS/c10-7-3-2-6(16-7)5-1-4-8-11-12-9(15)14(8)13-5/h1-4H,(H,12,15). The fourth-order valence-corrected chi connectivity index (χ4v) is 2.74. The summed E-state index contributed by atoms with van der Waals surface area (Å²) in [5.41, 5.74) is 0.948. The summed E-state index contributed by atoms with van der Waals surface area (Å²) in [5.74, 6) is 0. The van der Waals surface area contributed by atoms with Crippen LogP contribution in [0, 0.1) is 0 Å². The summed E-state index contributed by atoms with van der Waals surface area (Å²) in [5, 5.41) is 10.4. The minimum Gasteiger partial charge on any atom is -0.244 e. The first-order valence-corrected chi connectivity index (χ1v) is 6.05. The topological polar surface area (TPSA) is 63.0 Å². The fraction of sp³-hybridized carbons (Fsp3) is 0. The van der Waals surface area contributed by atoms with Gasteiger partial charge < -0.3 is 0 Å². The summed E-state index contributed by atoms with van der Waals surface area (Å²) < 4.78 is 2.28. The second kappa shape index (κ2) is 3.53. The number of rotatable bonds is 1. The van der Waals surface area contributed by atoms with Gasteiger partial charge in [-0.1, -0.05) is 0 Å². The molecule has 0 radical (unpaired) electrons. The van der Waals surface area contributed by atoms with E-state index in [2.05, 4.69) is 31.2 Å². The lowest BCUT2D eigenvalue weighted by molar-refractivity contribution is 0.886. The second-order valence-electron chi connectivity index (χ2n) is 3.12. The van der Waals surface area contributed by atoms with Crippen LogP contribution in [0.3, 0.4) is 0 Å². The van der Waals surface area contributed by atoms with Gasteiger partial charge in [-0.05, 0) is 40.2 Å². The minimum atomic E-state index is -0.326. The zero-order valence-corrected chi connectivity index (χ0v) is 10.2. The number of aromatic nitrogens is 4. The number of halogens is 1. The van der Waals surface area contributed by atoms with Crippen molar-refractivity contribution < 1.29 is 0 Å². The molecule has 5 nitrogen and oxygen atoms in total. The Morgan fingerprint density at radius 2 is 2.19 bits per heavy atom. The van der Waals surface area contributed by atoms with Crippen LogP contribution in [0.4, 0.5) is 0 Å². The van der Waals surface area contributed by atoms with Gasteiger partial charge in [-0.2, -0.15) is 14.7 Å². The molecule has 3 heterocycles. The van der Waals surface area contributed by atoms with Crippen LogP contribution in [0.2, 0.25) is 0 Å². The van der Waals surface area contributed by atoms with Gasteiger partial charge in [-0.15, -0.1) is 11.3 Å². The number of hydrogen-bond acceptors (Lipinski definition) is 4. The highest BCUT2D eigenvalue weighted by Gasteiger charge is 2.06. The van der Waals surface area contributed by atoms with Gasteiger partial charge >= 0.3 is 5.69 Å². The predicted molar refractivity (Wildman–Crippen MR) is 64.6 cm³/mol. The van der Waals surface area contributed by atoms with E-state index in [1.165, 1.54) is 4.52 Å². The third kappa shape index (κ3) is 1.48. The van der Waals surface area contributed by atoms with Crippen LogP contribution in [0.1, 0.15) is 0 Å². The molecule has 0 saturated carbocycles. The molecule has 0 unspecified atom stereocenters. The largest absolute Gasteiger partial charge is 0.364 e. The highest BCUT2D eigenvalue weighted by molar-refractivity contribution is 9.11. The summed E-state index contributed by atoms with van der Waals surface area (Å²) >= 11 is 4.96. The lowest BCUT2D eigenvalue weighted by Gasteiger charge is -1.95. The van der Waals surface area contributed by atoms with Crippen LogP contribution >= 0.6 is 27.3 Å². The number of fused-ring (bicyclic) bond motifs is 1. The Kier molecular flexibility index (Phi) is 2.15. The molecule has 7 heteroatoms. The van der Waals surface area contributed by atoms with E-state index in [1.807, 2.05) is 18.2 Å². The number of thiophene rings is 1. The van der Waals surface area contributed by atoms with Gasteiger partial charge in [-0.3, -0.25) is 0 Å². The first kappa shape index (κ1) is 9.73. The Hall–Kier alpha value is -1.47. The minimum absolute atomic E-state index is 0.326. The zero-order chi connectivity index (χ0) is 11.1. The normalized spacial score (nSPS) is 11.1. The van der Waals surface area contributed by atoms with Crippen molar-refractivity contribution >= 4 is 32.9 Å². The van der Waals surface area contributed by atoms with Crippen molar-refractivity contribution in [2.24, 2.45) is 0 Å². The van der Waals surface area contributed by atoms with Crippen molar-refractivity contribution in [1.29, 1.82) is 0 Å². The molecule has 0 spiro atoms. The fourth-order valence-electron chi connectivity index (χ4n) is 1.39. The average molecular weight is 297 g/mol. The molecule has 3 aromatic heterocycles. The SMILES string of the molecule is O=c1[nH]nc2ccc(-c3ccc(Br)s3)nn12. The van der Waals surface area contributed by atoms with E-state index in [0.29, 0.717) is 5.65 Å². The summed E-state index contributed by atoms with van der Waals surface area (Å²) in [6.45, 7) is 0. The van der Waals surface area contributed by atoms with Crippen LogP contribution in [-0.4, -0.2) is 19.8 Å². The summed E-state index contributed by atoms with van der Waals surface area (Å²) in [4.78, 5) is 12.3. The van der Waals surface area contributed by atoms with E-state index in [-0.39, 0.29) is 5.69 Å². The third-order valence-corrected chi connectivity index (χ3v) is 3.75. The van der Waals surface area contributed by atoms with E-state index in [4.69, 9.17) is 0 Å². The molecule has 0 fully saturated rings. The van der Waals surface area contributed by atoms with Gasteiger partial charge in [0.1, 0.15) is 5.69 Å². The molecule has 0 aromatic carbocycles. The molecule has 1 N–H and O–H groups in total. The molecule has 0 aliphatic rings.